The minimum Gasteiger partial charge on any atom is -0.372 e. The summed E-state index contributed by atoms with van der Waals surface area (Å²) in [7, 11) is 0. The zero-order valence-corrected chi connectivity index (χ0v) is 19.4. The van der Waals surface area contributed by atoms with Crippen LogP contribution < -0.4 is 20.4 Å². The second-order valence-electron chi connectivity index (χ2n) is 9.87. The second kappa shape index (κ2) is 7.23. The lowest BCUT2D eigenvalue weighted by Crippen LogP contribution is -2.75. The van der Waals surface area contributed by atoms with Crippen LogP contribution in [0.1, 0.15) is 39.2 Å². The maximum absolute atomic E-state index is 16.1. The number of hydrogen-bond acceptors (Lipinski definition) is 8. The molecule has 2 N–H and O–H groups in total. The number of anilines is 2. The first-order chi connectivity index (χ1) is 16.6. The number of hydrogen-bond donors (Lipinski definition) is 2. The van der Waals surface area contributed by atoms with Crippen LogP contribution >= 0.6 is 0 Å². The van der Waals surface area contributed by atoms with E-state index in [0.717, 1.165) is 0 Å². The molecule has 0 bridgehead atoms. The molecule has 35 heavy (non-hydrogen) atoms. The number of urea groups is 1. The van der Waals surface area contributed by atoms with Gasteiger partial charge in [-0.3, -0.25) is 29.9 Å². The van der Waals surface area contributed by atoms with Crippen molar-refractivity contribution < 1.29 is 32.8 Å². The van der Waals surface area contributed by atoms with Crippen molar-refractivity contribution in [2.75, 3.05) is 16.3 Å². The van der Waals surface area contributed by atoms with E-state index in [1.165, 1.54) is 4.90 Å². The SMILES string of the molecule is C[C@@H]1CN2c3c(cc4c(N5C(=O)CC[C@@H]5C)noc4c3F)CC3(C(=O)NC(=O)NC3=O)[C@H]2[C@H](C)O1. The van der Waals surface area contributed by atoms with E-state index in [-0.39, 0.29) is 48.1 Å². The van der Waals surface area contributed by atoms with Crippen LogP contribution in [0.25, 0.3) is 11.0 Å². The number of barbiturate groups is 1. The molecule has 0 radical (unpaired) electrons. The third-order valence-electron chi connectivity index (χ3n) is 7.66. The van der Waals surface area contributed by atoms with Crippen molar-refractivity contribution in [3.05, 3.63) is 17.4 Å². The third kappa shape index (κ3) is 2.82. The van der Waals surface area contributed by atoms with Gasteiger partial charge in [0.15, 0.2) is 17.1 Å². The zero-order valence-electron chi connectivity index (χ0n) is 19.4. The average molecular weight is 485 g/mol. The lowest BCUT2D eigenvalue weighted by Gasteiger charge is -2.55. The predicted octanol–water partition coefficient (Wildman–Crippen LogP) is 1.37. The van der Waals surface area contributed by atoms with Gasteiger partial charge in [0.05, 0.1) is 29.3 Å². The molecule has 1 aromatic heterocycles. The number of morpholine rings is 1. The summed E-state index contributed by atoms with van der Waals surface area (Å²) in [6.07, 6.45) is -0.115. The Morgan fingerprint density at radius 3 is 2.51 bits per heavy atom. The summed E-state index contributed by atoms with van der Waals surface area (Å²) in [6.45, 7) is 5.63. The number of carbonyl (C=O) groups is 4. The third-order valence-corrected chi connectivity index (χ3v) is 7.66. The Hall–Kier alpha value is -3.54. The Balaban J connectivity index is 1.58. The Morgan fingerprint density at radius 1 is 1.14 bits per heavy atom. The number of nitrogens with one attached hydrogen (secondary N) is 2. The number of fused-ring (bicyclic) bond motifs is 5. The summed E-state index contributed by atoms with van der Waals surface area (Å²) in [5.74, 6) is -2.12. The van der Waals surface area contributed by atoms with Crippen molar-refractivity contribution in [1.29, 1.82) is 0 Å². The molecule has 4 aliphatic heterocycles. The lowest BCUT2D eigenvalue weighted by atomic mass is 9.66. The van der Waals surface area contributed by atoms with Crippen molar-refractivity contribution in [2.24, 2.45) is 5.41 Å². The van der Waals surface area contributed by atoms with Gasteiger partial charge in [0, 0.05) is 25.4 Å². The normalized spacial score (nSPS) is 29.9. The largest absolute Gasteiger partial charge is 0.372 e. The van der Waals surface area contributed by atoms with Crippen LogP contribution in [0.3, 0.4) is 0 Å². The van der Waals surface area contributed by atoms with Gasteiger partial charge in [0.1, 0.15) is 0 Å². The maximum Gasteiger partial charge on any atom is 0.328 e. The topological polar surface area (TPSA) is 134 Å². The fourth-order valence-corrected chi connectivity index (χ4v) is 6.26. The Labute approximate surface area is 198 Å². The Bertz CT molecular complexity index is 1300. The molecule has 4 aliphatic rings. The molecule has 11 nitrogen and oxygen atoms in total. The molecule has 0 saturated carbocycles. The van der Waals surface area contributed by atoms with Crippen LogP contribution in [-0.2, 0) is 25.5 Å². The number of aromatic nitrogens is 1. The smallest absolute Gasteiger partial charge is 0.328 e. The van der Waals surface area contributed by atoms with Gasteiger partial charge in [-0.2, -0.15) is 0 Å². The van der Waals surface area contributed by atoms with Crippen LogP contribution in [0, 0.1) is 11.2 Å². The summed E-state index contributed by atoms with van der Waals surface area (Å²) in [4.78, 5) is 54.1. The van der Waals surface area contributed by atoms with Crippen LogP contribution in [-0.4, -0.2) is 59.7 Å². The van der Waals surface area contributed by atoms with E-state index in [2.05, 4.69) is 15.8 Å². The Morgan fingerprint density at radius 2 is 1.86 bits per heavy atom. The maximum atomic E-state index is 16.1. The molecule has 6 rings (SSSR count). The van der Waals surface area contributed by atoms with Gasteiger partial charge in [0.2, 0.25) is 23.3 Å². The van der Waals surface area contributed by atoms with Gasteiger partial charge in [0.25, 0.3) is 0 Å². The average Bonchev–Trinajstić information content (AvgIpc) is 3.33. The molecule has 1 aromatic carbocycles. The first kappa shape index (κ1) is 22.0. The Kier molecular flexibility index (Phi) is 4.54. The first-order valence-corrected chi connectivity index (χ1v) is 11.6. The van der Waals surface area contributed by atoms with Crippen molar-refractivity contribution in [2.45, 2.75) is 64.3 Å². The number of ether oxygens (including phenoxy) is 1. The van der Waals surface area contributed by atoms with Crippen molar-refractivity contribution in [3.8, 4) is 0 Å². The quantitative estimate of drug-likeness (QED) is 0.579. The highest BCUT2D eigenvalue weighted by molar-refractivity contribution is 6.20. The number of carbonyl (C=O) groups excluding carboxylic acids is 4. The number of halogens is 1. The van der Waals surface area contributed by atoms with Gasteiger partial charge >= 0.3 is 6.03 Å². The minimum absolute atomic E-state index is 0.0973. The van der Waals surface area contributed by atoms with Crippen molar-refractivity contribution in [1.82, 2.24) is 15.8 Å². The van der Waals surface area contributed by atoms with Gasteiger partial charge in [-0.1, -0.05) is 5.16 Å². The number of amides is 5. The van der Waals surface area contributed by atoms with Crippen LogP contribution in [0.2, 0.25) is 0 Å². The fourth-order valence-electron chi connectivity index (χ4n) is 6.26. The molecule has 0 aliphatic carbocycles. The monoisotopic (exact) mass is 485 g/mol. The van der Waals surface area contributed by atoms with Gasteiger partial charge in [-0.25, -0.2) is 9.18 Å². The molecule has 5 heterocycles. The predicted molar refractivity (Wildman–Crippen MR) is 119 cm³/mol. The fraction of sp³-hybridized carbons (Fsp3) is 0.522. The minimum atomic E-state index is -1.73. The van der Waals surface area contributed by atoms with Gasteiger partial charge in [-0.15, -0.1) is 0 Å². The molecule has 184 valence electrons. The lowest BCUT2D eigenvalue weighted by molar-refractivity contribution is -0.153. The molecule has 3 saturated heterocycles. The molecule has 1 spiro atoms. The molecular weight excluding hydrogens is 461 g/mol. The molecule has 12 heteroatoms. The van der Waals surface area contributed by atoms with E-state index >= 15 is 4.39 Å². The van der Waals surface area contributed by atoms with E-state index < -0.39 is 41.2 Å². The number of imide groups is 2. The van der Waals surface area contributed by atoms with Gasteiger partial charge in [-0.05, 0) is 38.8 Å². The zero-order chi connectivity index (χ0) is 24.8. The molecule has 5 amide bonds. The molecule has 3 fully saturated rings. The molecular formula is C23H24FN5O6. The molecule has 0 unspecified atom stereocenters. The second-order valence-corrected chi connectivity index (χ2v) is 9.87. The van der Waals surface area contributed by atoms with E-state index in [4.69, 9.17) is 9.26 Å². The number of benzene rings is 1. The van der Waals surface area contributed by atoms with Crippen LogP contribution in [0.4, 0.5) is 20.7 Å². The summed E-state index contributed by atoms with van der Waals surface area (Å²) in [5.41, 5.74) is -1.23. The number of rotatable bonds is 1. The van der Waals surface area contributed by atoms with E-state index in [9.17, 15) is 19.2 Å². The molecule has 2 aromatic rings. The van der Waals surface area contributed by atoms with E-state index in [0.29, 0.717) is 23.8 Å². The summed E-state index contributed by atoms with van der Waals surface area (Å²) in [6, 6.07) is -0.260. The van der Waals surface area contributed by atoms with Crippen molar-refractivity contribution >= 4 is 46.2 Å². The standard InChI is InChI=1S/C23H24FN5O6/c1-9-4-5-14(30)29(9)19-13-6-12-7-23(20(31)25-22(33)26-21(23)32)18-11(3)34-10(2)8-28(18)16(12)15(24)17(13)35-27-19/h6,9-11,18H,4-5,7-8H2,1-3H3,(H2,25,26,31,32,33)/t9-,10+,11-,18+/m0/s1. The van der Waals surface area contributed by atoms with Crippen LogP contribution in [0.5, 0.6) is 0 Å². The van der Waals surface area contributed by atoms with Crippen molar-refractivity contribution in [3.63, 3.8) is 0 Å². The van der Waals surface area contributed by atoms with E-state index in [1.807, 2.05) is 13.8 Å². The van der Waals surface area contributed by atoms with Gasteiger partial charge < -0.3 is 14.2 Å². The summed E-state index contributed by atoms with van der Waals surface area (Å²) in [5, 5.41) is 8.74. The highest BCUT2D eigenvalue weighted by atomic mass is 19.1. The number of nitrogens with zero attached hydrogens (tertiary/aromatic N) is 3. The van der Waals surface area contributed by atoms with Crippen LogP contribution in [0.15, 0.2) is 10.6 Å². The summed E-state index contributed by atoms with van der Waals surface area (Å²) < 4.78 is 27.5. The van der Waals surface area contributed by atoms with E-state index in [1.54, 1.807) is 17.9 Å². The highest BCUT2D eigenvalue weighted by Crippen LogP contribution is 2.50. The first-order valence-electron chi connectivity index (χ1n) is 11.6. The highest BCUT2D eigenvalue weighted by Gasteiger charge is 2.63. The molecule has 4 atom stereocenters. The summed E-state index contributed by atoms with van der Waals surface area (Å²) >= 11 is 0.